The Morgan fingerprint density at radius 1 is 1.11 bits per heavy atom. The third kappa shape index (κ3) is 4.34. The molecule has 0 atom stereocenters. The highest BCUT2D eigenvalue weighted by Gasteiger charge is 2.19. The SMILES string of the molecule is Cc1cc(C)n(C(=O)/C(C#N)=N\Nc2n[nH]c(C)c2N=Nc2c(C)n(C)n(-c3ccccc3)c2=O)n1. The maximum atomic E-state index is 13.1. The Morgan fingerprint density at radius 2 is 1.81 bits per heavy atom. The first-order valence-corrected chi connectivity index (χ1v) is 10.9. The molecule has 4 rings (SSSR count). The van der Waals surface area contributed by atoms with E-state index in [0.29, 0.717) is 28.5 Å². The van der Waals surface area contributed by atoms with E-state index in [2.05, 4.69) is 36.1 Å². The van der Waals surface area contributed by atoms with Crippen molar-refractivity contribution in [3.05, 3.63) is 69.5 Å². The molecule has 2 N–H and O–H groups in total. The summed E-state index contributed by atoms with van der Waals surface area (Å²) in [5.74, 6) is -0.561. The Kier molecular flexibility index (Phi) is 6.42. The largest absolute Gasteiger partial charge is 0.309 e. The number of anilines is 1. The van der Waals surface area contributed by atoms with Crippen molar-refractivity contribution in [2.75, 3.05) is 5.43 Å². The quantitative estimate of drug-likeness (QED) is 0.241. The molecule has 0 saturated carbocycles. The molecule has 36 heavy (non-hydrogen) atoms. The molecule has 3 aromatic heterocycles. The lowest BCUT2D eigenvalue weighted by molar-refractivity contribution is 0.0974. The van der Waals surface area contributed by atoms with Crippen molar-refractivity contribution < 1.29 is 4.79 Å². The van der Waals surface area contributed by atoms with Crippen molar-refractivity contribution >= 4 is 28.8 Å². The lowest BCUT2D eigenvalue weighted by atomic mass is 10.3. The number of nitrogens with zero attached hydrogens (tertiary/aromatic N) is 9. The van der Waals surface area contributed by atoms with Crippen molar-refractivity contribution in [1.82, 2.24) is 29.3 Å². The van der Waals surface area contributed by atoms with Gasteiger partial charge in [-0.15, -0.1) is 10.2 Å². The second-order valence-corrected chi connectivity index (χ2v) is 7.98. The minimum Gasteiger partial charge on any atom is -0.283 e. The molecular formula is C23H23N11O2. The summed E-state index contributed by atoms with van der Waals surface area (Å²) in [7, 11) is 1.76. The van der Waals surface area contributed by atoms with Crippen LogP contribution in [0.25, 0.3) is 5.69 Å². The number of aromatic amines is 1. The van der Waals surface area contributed by atoms with Gasteiger partial charge in [-0.05, 0) is 45.9 Å². The van der Waals surface area contributed by atoms with Crippen LogP contribution in [0.5, 0.6) is 0 Å². The minimum atomic E-state index is -0.688. The van der Waals surface area contributed by atoms with Crippen LogP contribution in [-0.4, -0.2) is 41.0 Å². The van der Waals surface area contributed by atoms with Gasteiger partial charge in [0.05, 0.1) is 22.8 Å². The summed E-state index contributed by atoms with van der Waals surface area (Å²) in [6.45, 7) is 6.92. The smallest absolute Gasteiger partial charge is 0.283 e. The van der Waals surface area contributed by atoms with E-state index in [-0.39, 0.29) is 22.8 Å². The zero-order valence-electron chi connectivity index (χ0n) is 20.3. The molecule has 0 aliphatic rings. The van der Waals surface area contributed by atoms with Gasteiger partial charge in [-0.3, -0.25) is 24.8 Å². The minimum absolute atomic E-state index is 0.127. The molecule has 0 bridgehead atoms. The number of rotatable bonds is 6. The lowest BCUT2D eigenvalue weighted by Crippen LogP contribution is -2.24. The van der Waals surface area contributed by atoms with Crippen molar-refractivity contribution in [1.29, 1.82) is 5.26 Å². The summed E-state index contributed by atoms with van der Waals surface area (Å²) in [6, 6.07) is 12.7. The van der Waals surface area contributed by atoms with E-state index in [4.69, 9.17) is 0 Å². The maximum Gasteiger partial charge on any atom is 0.309 e. The normalized spacial score (nSPS) is 11.7. The molecule has 13 heteroatoms. The van der Waals surface area contributed by atoms with Gasteiger partial charge < -0.3 is 0 Å². The molecule has 0 saturated heterocycles. The fourth-order valence-electron chi connectivity index (χ4n) is 3.56. The molecule has 0 radical (unpaired) electrons. The van der Waals surface area contributed by atoms with Crippen molar-refractivity contribution in [2.45, 2.75) is 27.7 Å². The van der Waals surface area contributed by atoms with Crippen LogP contribution < -0.4 is 11.0 Å². The lowest BCUT2D eigenvalue weighted by Gasteiger charge is -2.07. The molecule has 0 fully saturated rings. The first kappa shape index (κ1) is 24.0. The van der Waals surface area contributed by atoms with Crippen LogP contribution in [0.3, 0.4) is 0 Å². The molecular weight excluding hydrogens is 462 g/mol. The summed E-state index contributed by atoms with van der Waals surface area (Å²) < 4.78 is 4.30. The highest BCUT2D eigenvalue weighted by Crippen LogP contribution is 2.28. The Labute approximate surface area is 205 Å². The third-order valence-corrected chi connectivity index (χ3v) is 5.47. The molecule has 0 amide bonds. The maximum absolute atomic E-state index is 13.1. The predicted molar refractivity (Wildman–Crippen MR) is 132 cm³/mol. The van der Waals surface area contributed by atoms with Crippen LogP contribution in [0.2, 0.25) is 0 Å². The number of nitriles is 1. The van der Waals surface area contributed by atoms with Crippen LogP contribution >= 0.6 is 0 Å². The Hall–Kier alpha value is -5.12. The molecule has 182 valence electrons. The van der Waals surface area contributed by atoms with Crippen molar-refractivity contribution in [3.8, 4) is 11.8 Å². The molecule has 0 aliphatic carbocycles. The van der Waals surface area contributed by atoms with Crippen LogP contribution in [0, 0.1) is 39.0 Å². The fourth-order valence-corrected chi connectivity index (χ4v) is 3.56. The number of hydrogen-bond acceptors (Lipinski definition) is 9. The van der Waals surface area contributed by atoms with E-state index >= 15 is 0 Å². The fraction of sp³-hybridized carbons (Fsp3) is 0.217. The number of hydrazone groups is 1. The number of carbonyl (C=O) groups excluding carboxylic acids is 1. The number of aromatic nitrogens is 6. The summed E-state index contributed by atoms with van der Waals surface area (Å²) in [4.78, 5) is 25.7. The third-order valence-electron chi connectivity index (χ3n) is 5.47. The molecule has 13 nitrogen and oxygen atoms in total. The van der Waals surface area contributed by atoms with Crippen molar-refractivity contribution in [2.24, 2.45) is 22.4 Å². The number of para-hydroxylation sites is 1. The van der Waals surface area contributed by atoms with Gasteiger partial charge in [0.25, 0.3) is 5.56 Å². The molecule has 3 heterocycles. The highest BCUT2D eigenvalue weighted by molar-refractivity contribution is 6.45. The number of H-pyrrole nitrogens is 1. The highest BCUT2D eigenvalue weighted by atomic mass is 16.2. The summed E-state index contributed by atoms with van der Waals surface area (Å²) in [6.07, 6.45) is 0. The van der Waals surface area contributed by atoms with Crippen LogP contribution in [-0.2, 0) is 7.05 Å². The van der Waals surface area contributed by atoms with E-state index in [1.165, 1.54) is 4.68 Å². The standard InChI is InChI=1S/C23H23N11O2/c1-13-11-14(2)33(31-13)22(35)18(12-24)26-30-21-19(15(3)25-29-21)27-28-20-16(4)32(5)34(23(20)36)17-9-7-6-8-10-17/h6-11H,1-5H3,(H2,25,29,30)/b26-18-,28-27?. The van der Waals surface area contributed by atoms with Gasteiger partial charge in [0.1, 0.15) is 6.07 Å². The van der Waals surface area contributed by atoms with E-state index in [1.807, 2.05) is 30.3 Å². The second kappa shape index (κ2) is 9.63. The predicted octanol–water partition coefficient (Wildman–Crippen LogP) is 3.38. The Bertz CT molecular complexity index is 1610. The van der Waals surface area contributed by atoms with Crippen molar-refractivity contribution in [3.63, 3.8) is 0 Å². The van der Waals surface area contributed by atoms with E-state index in [1.54, 1.807) is 51.6 Å². The number of carbonyl (C=O) groups is 1. The molecule has 1 aromatic carbocycles. The molecule has 0 aliphatic heterocycles. The summed E-state index contributed by atoms with van der Waals surface area (Å²) in [5.41, 5.74) is 5.32. The Balaban J connectivity index is 1.64. The van der Waals surface area contributed by atoms with Gasteiger partial charge in [0, 0.05) is 12.7 Å². The number of hydrogen-bond donors (Lipinski definition) is 2. The molecule has 0 spiro atoms. The van der Waals surface area contributed by atoms with Gasteiger partial charge in [0.2, 0.25) is 5.71 Å². The van der Waals surface area contributed by atoms with Crippen LogP contribution in [0.4, 0.5) is 17.2 Å². The average molecular weight is 486 g/mol. The van der Waals surface area contributed by atoms with E-state index < -0.39 is 11.6 Å². The van der Waals surface area contributed by atoms with Gasteiger partial charge in [-0.1, -0.05) is 18.2 Å². The van der Waals surface area contributed by atoms with Gasteiger partial charge in [0.15, 0.2) is 17.2 Å². The van der Waals surface area contributed by atoms with E-state index in [9.17, 15) is 14.9 Å². The van der Waals surface area contributed by atoms with Gasteiger partial charge in [-0.2, -0.15) is 25.2 Å². The number of benzene rings is 1. The molecule has 0 unspecified atom stereocenters. The number of aryl methyl sites for hydroxylation is 3. The number of azo groups is 1. The monoisotopic (exact) mass is 485 g/mol. The summed E-state index contributed by atoms with van der Waals surface area (Å²) in [5, 5.41) is 32.7. The second-order valence-electron chi connectivity index (χ2n) is 7.98. The van der Waals surface area contributed by atoms with Gasteiger partial charge in [-0.25, -0.2) is 4.68 Å². The zero-order chi connectivity index (χ0) is 26.0. The van der Waals surface area contributed by atoms with Gasteiger partial charge >= 0.3 is 5.91 Å². The first-order valence-electron chi connectivity index (χ1n) is 10.9. The first-order chi connectivity index (χ1) is 17.2. The zero-order valence-corrected chi connectivity index (χ0v) is 20.3. The average Bonchev–Trinajstić information content (AvgIpc) is 3.46. The van der Waals surface area contributed by atoms with Crippen LogP contribution in [0.1, 0.15) is 27.6 Å². The number of nitrogens with one attached hydrogen (secondary N) is 2. The Morgan fingerprint density at radius 3 is 2.44 bits per heavy atom. The summed E-state index contributed by atoms with van der Waals surface area (Å²) >= 11 is 0. The topological polar surface area (TPSA) is 163 Å². The molecule has 4 aromatic rings. The van der Waals surface area contributed by atoms with E-state index in [0.717, 1.165) is 4.68 Å². The van der Waals surface area contributed by atoms with Crippen LogP contribution in [0.15, 0.2) is 56.5 Å².